The molecule has 1 fully saturated rings. The summed E-state index contributed by atoms with van der Waals surface area (Å²) in [6.07, 6.45) is 3.01. The molecule has 1 aliphatic heterocycles. The normalized spacial score (nSPS) is 16.6. The Hall–Kier alpha value is -3.00. The van der Waals surface area contributed by atoms with E-state index in [-0.39, 0.29) is 17.5 Å². The number of hydrogen-bond donors (Lipinski definition) is 1. The fraction of sp³-hybridized carbons (Fsp3) is 0.222. The average molecular weight is 368 g/mol. The Morgan fingerprint density at radius 1 is 1.27 bits per heavy atom. The van der Waals surface area contributed by atoms with Crippen LogP contribution in [0, 0.1) is 0 Å². The van der Waals surface area contributed by atoms with Crippen LogP contribution in [0.25, 0.3) is 11.3 Å². The van der Waals surface area contributed by atoms with Gasteiger partial charge in [0.1, 0.15) is 6.04 Å². The highest BCUT2D eigenvalue weighted by molar-refractivity contribution is 7.13. The van der Waals surface area contributed by atoms with Crippen LogP contribution in [0.15, 0.2) is 52.5 Å². The summed E-state index contributed by atoms with van der Waals surface area (Å²) in [5.74, 6) is 0.00207. The first-order valence-electron chi connectivity index (χ1n) is 8.26. The summed E-state index contributed by atoms with van der Waals surface area (Å²) in [6, 6.07) is 10.5. The summed E-state index contributed by atoms with van der Waals surface area (Å²) in [7, 11) is 0. The predicted molar refractivity (Wildman–Crippen MR) is 96.7 cm³/mol. The van der Waals surface area contributed by atoms with E-state index < -0.39 is 6.04 Å². The molecule has 4 rings (SSSR count). The summed E-state index contributed by atoms with van der Waals surface area (Å²) in [4.78, 5) is 30.9. The smallest absolute Gasteiger partial charge is 0.276 e. The topological polar surface area (TPSA) is 88.3 Å². The molecule has 1 aliphatic rings. The number of nitrogens with zero attached hydrogens (tertiary/aromatic N) is 3. The summed E-state index contributed by atoms with van der Waals surface area (Å²) in [6.45, 7) is 0.516. The lowest BCUT2D eigenvalue weighted by Crippen LogP contribution is -2.43. The van der Waals surface area contributed by atoms with Crippen LogP contribution >= 0.6 is 11.3 Å². The molecule has 7 nitrogen and oxygen atoms in total. The number of benzene rings is 1. The van der Waals surface area contributed by atoms with Crippen LogP contribution in [-0.2, 0) is 4.79 Å². The van der Waals surface area contributed by atoms with Crippen molar-refractivity contribution in [3.8, 4) is 11.3 Å². The number of carbonyl (C=O) groups excluding carboxylic acids is 2. The van der Waals surface area contributed by atoms with Gasteiger partial charge in [-0.15, -0.1) is 11.3 Å². The number of hydrogen-bond acceptors (Lipinski definition) is 6. The lowest BCUT2D eigenvalue weighted by atomic mass is 10.1. The largest absolute Gasteiger partial charge is 0.355 e. The fourth-order valence-corrected chi connectivity index (χ4v) is 3.55. The summed E-state index contributed by atoms with van der Waals surface area (Å²) < 4.78 is 5.31. The van der Waals surface area contributed by atoms with Crippen molar-refractivity contribution in [1.29, 1.82) is 0 Å². The van der Waals surface area contributed by atoms with Gasteiger partial charge in [-0.2, -0.15) is 0 Å². The Morgan fingerprint density at radius 2 is 2.12 bits per heavy atom. The van der Waals surface area contributed by atoms with Gasteiger partial charge in [0.05, 0.1) is 0 Å². The van der Waals surface area contributed by atoms with Gasteiger partial charge < -0.3 is 14.7 Å². The van der Waals surface area contributed by atoms with Crippen molar-refractivity contribution < 1.29 is 14.1 Å². The van der Waals surface area contributed by atoms with Crippen molar-refractivity contribution in [2.75, 3.05) is 11.9 Å². The monoisotopic (exact) mass is 368 g/mol. The highest BCUT2D eigenvalue weighted by atomic mass is 32.1. The van der Waals surface area contributed by atoms with Gasteiger partial charge >= 0.3 is 0 Å². The lowest BCUT2D eigenvalue weighted by Gasteiger charge is -2.22. The third kappa shape index (κ3) is 3.23. The van der Waals surface area contributed by atoms with Gasteiger partial charge in [0.25, 0.3) is 5.91 Å². The van der Waals surface area contributed by atoms with Gasteiger partial charge in [0, 0.05) is 29.8 Å². The van der Waals surface area contributed by atoms with E-state index in [1.807, 2.05) is 30.3 Å². The zero-order chi connectivity index (χ0) is 17.9. The fourth-order valence-electron chi connectivity index (χ4n) is 3.02. The molecule has 3 aromatic rings. The second-order valence-corrected chi connectivity index (χ2v) is 6.82. The molecule has 1 aromatic carbocycles. The first-order valence-corrected chi connectivity index (χ1v) is 9.14. The second kappa shape index (κ2) is 7.09. The number of aromatic nitrogens is 2. The molecule has 26 heavy (non-hydrogen) atoms. The van der Waals surface area contributed by atoms with E-state index in [1.54, 1.807) is 22.5 Å². The Labute approximate surface area is 153 Å². The molecule has 2 aromatic heterocycles. The summed E-state index contributed by atoms with van der Waals surface area (Å²) >= 11 is 1.34. The van der Waals surface area contributed by atoms with Gasteiger partial charge in [0.15, 0.2) is 16.6 Å². The lowest BCUT2D eigenvalue weighted by molar-refractivity contribution is -0.119. The molecule has 1 saturated heterocycles. The molecule has 0 aliphatic carbocycles. The van der Waals surface area contributed by atoms with E-state index in [9.17, 15) is 9.59 Å². The quantitative estimate of drug-likeness (QED) is 0.765. The highest BCUT2D eigenvalue weighted by Gasteiger charge is 2.36. The van der Waals surface area contributed by atoms with Crippen LogP contribution in [0.5, 0.6) is 0 Å². The van der Waals surface area contributed by atoms with Gasteiger partial charge in [-0.05, 0) is 12.8 Å². The SMILES string of the molecule is O=C(Nc1nccs1)[C@@H]1CCCN1C(=O)c1cc(-c2ccccc2)on1. The van der Waals surface area contributed by atoms with Gasteiger partial charge in [-0.25, -0.2) is 4.98 Å². The first kappa shape index (κ1) is 16.5. The zero-order valence-electron chi connectivity index (χ0n) is 13.8. The van der Waals surface area contributed by atoms with Crippen LogP contribution in [-0.4, -0.2) is 39.4 Å². The molecule has 8 heteroatoms. The van der Waals surface area contributed by atoms with Crippen LogP contribution in [0.2, 0.25) is 0 Å². The minimum absolute atomic E-state index is 0.206. The van der Waals surface area contributed by atoms with Crippen molar-refractivity contribution in [3.05, 3.63) is 53.7 Å². The molecule has 0 spiro atoms. The predicted octanol–water partition coefficient (Wildman–Crippen LogP) is 3.04. The first-order chi connectivity index (χ1) is 12.7. The van der Waals surface area contributed by atoms with Crippen LogP contribution < -0.4 is 5.32 Å². The molecule has 0 bridgehead atoms. The summed E-state index contributed by atoms with van der Waals surface area (Å²) in [5, 5.41) is 8.98. The van der Waals surface area contributed by atoms with Crippen molar-refractivity contribution in [3.63, 3.8) is 0 Å². The van der Waals surface area contributed by atoms with E-state index >= 15 is 0 Å². The molecule has 0 unspecified atom stereocenters. The third-order valence-electron chi connectivity index (χ3n) is 4.27. The Kier molecular flexibility index (Phi) is 4.49. The van der Waals surface area contributed by atoms with E-state index in [2.05, 4.69) is 15.5 Å². The van der Waals surface area contributed by atoms with E-state index in [0.29, 0.717) is 23.9 Å². The van der Waals surface area contributed by atoms with Gasteiger partial charge in [-0.1, -0.05) is 35.5 Å². The molecule has 1 N–H and O–H groups in total. The van der Waals surface area contributed by atoms with Crippen LogP contribution in [0.3, 0.4) is 0 Å². The maximum atomic E-state index is 12.8. The second-order valence-electron chi connectivity index (χ2n) is 5.93. The van der Waals surface area contributed by atoms with Gasteiger partial charge in [-0.3, -0.25) is 9.59 Å². The van der Waals surface area contributed by atoms with E-state index in [0.717, 1.165) is 12.0 Å². The number of anilines is 1. The van der Waals surface area contributed by atoms with E-state index in [1.165, 1.54) is 11.3 Å². The Bertz CT molecular complexity index is 908. The third-order valence-corrected chi connectivity index (χ3v) is 4.95. The van der Waals surface area contributed by atoms with Crippen LogP contribution in [0.4, 0.5) is 5.13 Å². The molecule has 0 saturated carbocycles. The number of rotatable bonds is 4. The minimum atomic E-state index is -0.525. The molecule has 3 heterocycles. The number of amides is 2. The van der Waals surface area contributed by atoms with Crippen molar-refractivity contribution in [1.82, 2.24) is 15.0 Å². The number of thiazole rings is 1. The molecular formula is C18H16N4O3S. The van der Waals surface area contributed by atoms with Crippen LogP contribution in [0.1, 0.15) is 23.3 Å². The van der Waals surface area contributed by atoms with Crippen molar-refractivity contribution in [2.45, 2.75) is 18.9 Å². The maximum absolute atomic E-state index is 12.8. The minimum Gasteiger partial charge on any atom is -0.355 e. The Morgan fingerprint density at radius 3 is 2.88 bits per heavy atom. The average Bonchev–Trinajstić information content (AvgIpc) is 3.42. The number of nitrogens with one attached hydrogen (secondary N) is 1. The molecule has 132 valence electrons. The molecule has 2 amide bonds. The maximum Gasteiger partial charge on any atom is 0.276 e. The van der Waals surface area contributed by atoms with Gasteiger partial charge in [0.2, 0.25) is 5.91 Å². The van der Waals surface area contributed by atoms with E-state index in [4.69, 9.17) is 4.52 Å². The molecular weight excluding hydrogens is 352 g/mol. The summed E-state index contributed by atoms with van der Waals surface area (Å²) in [5.41, 5.74) is 1.05. The highest BCUT2D eigenvalue weighted by Crippen LogP contribution is 2.25. The Balaban J connectivity index is 1.50. The van der Waals surface area contributed by atoms with Crippen molar-refractivity contribution >= 4 is 28.3 Å². The molecule has 1 atom stereocenters. The van der Waals surface area contributed by atoms with Crippen molar-refractivity contribution in [2.24, 2.45) is 0 Å². The standard InChI is InChI=1S/C18H16N4O3S/c23-16(20-18-19-8-10-26-18)14-7-4-9-22(14)17(24)13-11-15(25-21-13)12-5-2-1-3-6-12/h1-3,5-6,8,10-11,14H,4,7,9H2,(H,19,20,23)/t14-/m0/s1. The number of likely N-dealkylation sites (tertiary alicyclic amines) is 1. The number of carbonyl (C=O) groups is 2. The molecule has 0 radical (unpaired) electrons. The zero-order valence-corrected chi connectivity index (χ0v) is 14.6.